The van der Waals surface area contributed by atoms with Crippen LogP contribution < -0.4 is 9.64 Å². The van der Waals surface area contributed by atoms with Crippen LogP contribution >= 0.6 is 0 Å². The maximum Gasteiger partial charge on any atom is 0.343 e. The number of hydrogen-bond donors (Lipinski definition) is 0. The summed E-state index contributed by atoms with van der Waals surface area (Å²) in [7, 11) is 0. The van der Waals surface area contributed by atoms with Crippen LogP contribution in [-0.2, 0) is 9.59 Å². The van der Waals surface area contributed by atoms with E-state index in [9.17, 15) is 14.4 Å². The van der Waals surface area contributed by atoms with Gasteiger partial charge >= 0.3 is 5.97 Å². The highest BCUT2D eigenvalue weighted by molar-refractivity contribution is 6.22. The van der Waals surface area contributed by atoms with Crippen LogP contribution in [0.15, 0.2) is 48.5 Å². The monoisotopic (exact) mass is 363 g/mol. The van der Waals surface area contributed by atoms with Crippen LogP contribution in [0.1, 0.15) is 41.6 Å². The van der Waals surface area contributed by atoms with Crippen molar-refractivity contribution < 1.29 is 19.1 Å². The molecular weight excluding hydrogens is 342 g/mol. The van der Waals surface area contributed by atoms with Crippen LogP contribution in [0.5, 0.6) is 5.75 Å². The quantitative estimate of drug-likeness (QED) is 0.471. The normalized spacial score (nSPS) is 21.9. The third-order valence-electron chi connectivity index (χ3n) is 5.38. The van der Waals surface area contributed by atoms with E-state index in [1.807, 2.05) is 19.1 Å². The van der Waals surface area contributed by atoms with Gasteiger partial charge in [-0.3, -0.25) is 14.5 Å². The van der Waals surface area contributed by atoms with Gasteiger partial charge in [0.2, 0.25) is 11.8 Å². The number of rotatable bonds is 3. The molecule has 2 amide bonds. The molecule has 0 unspecified atom stereocenters. The molecule has 2 atom stereocenters. The van der Waals surface area contributed by atoms with Crippen molar-refractivity contribution in [3.8, 4) is 5.75 Å². The highest BCUT2D eigenvalue weighted by Gasteiger charge is 2.48. The molecule has 0 radical (unpaired) electrons. The van der Waals surface area contributed by atoms with Gasteiger partial charge in [-0.25, -0.2) is 4.79 Å². The molecule has 2 fully saturated rings. The number of amides is 2. The molecule has 2 aromatic rings. The number of hydrogen-bond acceptors (Lipinski definition) is 4. The summed E-state index contributed by atoms with van der Waals surface area (Å²) < 4.78 is 5.42. The predicted octanol–water partition coefficient (Wildman–Crippen LogP) is 3.89. The molecule has 0 aromatic heterocycles. The molecule has 27 heavy (non-hydrogen) atoms. The summed E-state index contributed by atoms with van der Waals surface area (Å²) in [4.78, 5) is 39.2. The highest BCUT2D eigenvalue weighted by Crippen LogP contribution is 2.40. The van der Waals surface area contributed by atoms with Gasteiger partial charge in [0.25, 0.3) is 0 Å². The van der Waals surface area contributed by atoms with Crippen molar-refractivity contribution >= 4 is 23.5 Å². The van der Waals surface area contributed by atoms with E-state index in [0.717, 1.165) is 31.2 Å². The van der Waals surface area contributed by atoms with Gasteiger partial charge in [-0.05, 0) is 55.7 Å². The second-order valence-corrected chi connectivity index (χ2v) is 7.27. The van der Waals surface area contributed by atoms with Crippen LogP contribution in [0.2, 0.25) is 0 Å². The second-order valence-electron chi connectivity index (χ2n) is 7.27. The molecule has 5 nitrogen and oxygen atoms in total. The molecule has 4 rings (SSSR count). The van der Waals surface area contributed by atoms with E-state index in [-0.39, 0.29) is 23.7 Å². The third-order valence-corrected chi connectivity index (χ3v) is 5.38. The standard InChI is InChI=1S/C22H21NO4/c1-14-6-4-9-17(12-14)27-22(26)15-7-5-8-16(13-15)23-20(24)18-10-2-3-11-19(18)21(23)25/h4-9,12-13,18-19H,2-3,10-11H2,1H3/t18-,19-/m0/s1. The van der Waals surface area contributed by atoms with Crippen LogP contribution in [0, 0.1) is 18.8 Å². The number of fused-ring (bicyclic) bond motifs is 1. The van der Waals surface area contributed by atoms with Crippen LogP contribution in [0.3, 0.4) is 0 Å². The summed E-state index contributed by atoms with van der Waals surface area (Å²) in [5, 5.41) is 0. The van der Waals surface area contributed by atoms with Crippen LogP contribution in [0.4, 0.5) is 5.69 Å². The summed E-state index contributed by atoms with van der Waals surface area (Å²) >= 11 is 0. The average Bonchev–Trinajstić information content (AvgIpc) is 2.93. The Kier molecular flexibility index (Phi) is 4.52. The number of nitrogens with zero attached hydrogens (tertiary/aromatic N) is 1. The minimum absolute atomic E-state index is 0.145. The summed E-state index contributed by atoms with van der Waals surface area (Å²) in [6, 6.07) is 13.8. The number of esters is 1. The molecule has 1 saturated heterocycles. The van der Waals surface area contributed by atoms with Gasteiger partial charge in [0.1, 0.15) is 5.75 Å². The first-order chi connectivity index (χ1) is 13.0. The summed E-state index contributed by atoms with van der Waals surface area (Å²) in [6.07, 6.45) is 3.50. The molecule has 2 aromatic carbocycles. The van der Waals surface area contributed by atoms with Gasteiger partial charge in [-0.15, -0.1) is 0 Å². The minimum atomic E-state index is -0.515. The zero-order valence-corrected chi connectivity index (χ0v) is 15.2. The topological polar surface area (TPSA) is 63.7 Å². The Morgan fingerprint density at radius 2 is 1.63 bits per heavy atom. The lowest BCUT2D eigenvalue weighted by molar-refractivity contribution is -0.122. The van der Waals surface area contributed by atoms with Crippen molar-refractivity contribution in [1.82, 2.24) is 0 Å². The fourth-order valence-corrected chi connectivity index (χ4v) is 4.03. The van der Waals surface area contributed by atoms with Crippen LogP contribution in [0.25, 0.3) is 0 Å². The van der Waals surface area contributed by atoms with Gasteiger partial charge in [0.15, 0.2) is 0 Å². The van der Waals surface area contributed by atoms with E-state index in [0.29, 0.717) is 17.0 Å². The highest BCUT2D eigenvalue weighted by atomic mass is 16.5. The maximum absolute atomic E-state index is 12.7. The second kappa shape index (κ2) is 6.99. The number of carbonyl (C=O) groups excluding carboxylic acids is 3. The molecule has 0 N–H and O–H groups in total. The van der Waals surface area contributed by atoms with E-state index >= 15 is 0 Å². The van der Waals surface area contributed by atoms with Crippen LogP contribution in [-0.4, -0.2) is 17.8 Å². The molecule has 5 heteroatoms. The lowest BCUT2D eigenvalue weighted by atomic mass is 9.81. The first-order valence-corrected chi connectivity index (χ1v) is 9.31. The SMILES string of the molecule is Cc1cccc(OC(=O)c2cccc(N3C(=O)[C@H]4CCCC[C@@H]4C3=O)c2)c1. The molecule has 0 spiro atoms. The summed E-state index contributed by atoms with van der Waals surface area (Å²) in [5.74, 6) is -0.769. The molecule has 1 aliphatic heterocycles. The number of imide groups is 1. The molecule has 1 saturated carbocycles. The van der Waals surface area contributed by atoms with Gasteiger partial charge in [-0.1, -0.05) is 31.0 Å². The number of carbonyl (C=O) groups is 3. The Bertz CT molecular complexity index is 896. The maximum atomic E-state index is 12.7. The molecular formula is C22H21NO4. The summed E-state index contributed by atoms with van der Waals surface area (Å²) in [5.41, 5.74) is 1.74. The Labute approximate surface area is 157 Å². The smallest absolute Gasteiger partial charge is 0.343 e. The first-order valence-electron chi connectivity index (χ1n) is 9.31. The summed E-state index contributed by atoms with van der Waals surface area (Å²) in [6.45, 7) is 1.92. The van der Waals surface area contributed by atoms with Crippen molar-refractivity contribution in [2.45, 2.75) is 32.6 Å². The molecule has 0 bridgehead atoms. The Hall–Kier alpha value is -2.95. The molecule has 1 aliphatic carbocycles. The Morgan fingerprint density at radius 3 is 2.30 bits per heavy atom. The molecule has 1 heterocycles. The lowest BCUT2D eigenvalue weighted by Gasteiger charge is -2.19. The van der Waals surface area contributed by atoms with E-state index in [4.69, 9.17) is 4.74 Å². The predicted molar refractivity (Wildman–Crippen MR) is 101 cm³/mol. The number of anilines is 1. The average molecular weight is 363 g/mol. The number of ether oxygens (including phenoxy) is 1. The minimum Gasteiger partial charge on any atom is -0.423 e. The third kappa shape index (κ3) is 3.25. The van der Waals surface area contributed by atoms with E-state index < -0.39 is 5.97 Å². The number of benzene rings is 2. The van der Waals surface area contributed by atoms with E-state index in [1.54, 1.807) is 36.4 Å². The van der Waals surface area contributed by atoms with Crippen molar-refractivity contribution in [3.05, 3.63) is 59.7 Å². The zero-order chi connectivity index (χ0) is 19.0. The van der Waals surface area contributed by atoms with Gasteiger partial charge in [0.05, 0.1) is 23.1 Å². The van der Waals surface area contributed by atoms with Crippen molar-refractivity contribution in [1.29, 1.82) is 0 Å². The first kappa shape index (κ1) is 17.5. The molecule has 138 valence electrons. The Balaban J connectivity index is 1.58. The van der Waals surface area contributed by atoms with Crippen molar-refractivity contribution in [3.63, 3.8) is 0 Å². The largest absolute Gasteiger partial charge is 0.423 e. The van der Waals surface area contributed by atoms with Gasteiger partial charge < -0.3 is 4.74 Å². The van der Waals surface area contributed by atoms with Crippen molar-refractivity contribution in [2.75, 3.05) is 4.90 Å². The fourth-order valence-electron chi connectivity index (χ4n) is 4.03. The fraction of sp³-hybridized carbons (Fsp3) is 0.318. The molecule has 2 aliphatic rings. The van der Waals surface area contributed by atoms with E-state index in [2.05, 4.69) is 0 Å². The van der Waals surface area contributed by atoms with Gasteiger partial charge in [-0.2, -0.15) is 0 Å². The number of aryl methyl sites for hydroxylation is 1. The van der Waals surface area contributed by atoms with Crippen molar-refractivity contribution in [2.24, 2.45) is 11.8 Å². The van der Waals surface area contributed by atoms with E-state index in [1.165, 1.54) is 4.90 Å². The zero-order valence-electron chi connectivity index (χ0n) is 15.2. The van der Waals surface area contributed by atoms with Gasteiger partial charge in [0, 0.05) is 0 Å². The lowest BCUT2D eigenvalue weighted by Crippen LogP contribution is -2.31. The Morgan fingerprint density at radius 1 is 0.963 bits per heavy atom.